The summed E-state index contributed by atoms with van der Waals surface area (Å²) in [5, 5.41) is 16.8. The Labute approximate surface area is 157 Å². The Bertz CT molecular complexity index is 466. The van der Waals surface area contributed by atoms with Gasteiger partial charge in [0.05, 0.1) is 11.5 Å². The molecule has 0 saturated carbocycles. The van der Waals surface area contributed by atoms with Gasteiger partial charge in [0.25, 0.3) is 0 Å². The number of rotatable bonds is 8. The summed E-state index contributed by atoms with van der Waals surface area (Å²) in [4.78, 5) is 36.3. The predicted molar refractivity (Wildman–Crippen MR) is 87.2 cm³/mol. The van der Waals surface area contributed by atoms with E-state index in [1.54, 1.807) is 34.6 Å². The van der Waals surface area contributed by atoms with Crippen molar-refractivity contribution < 1.29 is 38.4 Å². The molecule has 0 spiro atoms. The zero-order valence-corrected chi connectivity index (χ0v) is 16.6. The molecule has 6 nitrogen and oxygen atoms in total. The standard InChI is InChI=1S/C17H32N2O4.Li/c1-10(2)9-13(20)18-16(7,11(3)4)14(21)19-17(8,12(5)6)15(22)23;/h10-12H,9H2,1-8H3,(H,18,20)(H,19,21)(H,22,23);/q;+1/p-1/t16-,17-;/m0./s1. The topological polar surface area (TPSA) is 98.3 Å². The zero-order valence-electron chi connectivity index (χ0n) is 16.6. The van der Waals surface area contributed by atoms with Gasteiger partial charge in [0, 0.05) is 6.42 Å². The minimum atomic E-state index is -1.50. The van der Waals surface area contributed by atoms with E-state index in [0.29, 0.717) is 6.42 Å². The zero-order chi connectivity index (χ0) is 18.6. The minimum Gasteiger partial charge on any atom is -0.548 e. The molecule has 0 rings (SSSR count). The molecule has 0 saturated heterocycles. The molecule has 134 valence electrons. The number of carboxylic acids is 1. The monoisotopic (exact) mass is 334 g/mol. The van der Waals surface area contributed by atoms with Gasteiger partial charge in [-0.3, -0.25) is 9.59 Å². The van der Waals surface area contributed by atoms with E-state index in [9.17, 15) is 19.5 Å². The molecular weight excluding hydrogens is 303 g/mol. The van der Waals surface area contributed by atoms with Crippen molar-refractivity contribution in [2.45, 2.75) is 72.9 Å². The largest absolute Gasteiger partial charge is 1.00 e. The number of amides is 2. The molecule has 0 aliphatic carbocycles. The first kappa shape index (κ1) is 25.2. The Morgan fingerprint density at radius 1 is 0.875 bits per heavy atom. The molecule has 0 aliphatic rings. The van der Waals surface area contributed by atoms with Crippen LogP contribution < -0.4 is 34.6 Å². The molecule has 0 unspecified atom stereocenters. The third kappa shape index (κ3) is 6.14. The van der Waals surface area contributed by atoms with Crippen LogP contribution in [0.4, 0.5) is 0 Å². The summed E-state index contributed by atoms with van der Waals surface area (Å²) in [5.41, 5.74) is -2.70. The summed E-state index contributed by atoms with van der Waals surface area (Å²) >= 11 is 0. The van der Waals surface area contributed by atoms with Crippen molar-refractivity contribution in [3.8, 4) is 0 Å². The van der Waals surface area contributed by atoms with Gasteiger partial charge in [0.15, 0.2) is 0 Å². The summed E-state index contributed by atoms with van der Waals surface area (Å²) in [6.45, 7) is 13.9. The molecule has 0 fully saturated rings. The number of hydrogen-bond acceptors (Lipinski definition) is 4. The van der Waals surface area contributed by atoms with Crippen molar-refractivity contribution in [2.75, 3.05) is 0 Å². The third-order valence-corrected chi connectivity index (χ3v) is 4.57. The molecular formula is C17H31LiN2O4. The van der Waals surface area contributed by atoms with Gasteiger partial charge >= 0.3 is 18.9 Å². The van der Waals surface area contributed by atoms with E-state index in [2.05, 4.69) is 10.6 Å². The fourth-order valence-electron chi connectivity index (χ4n) is 1.97. The van der Waals surface area contributed by atoms with Crippen LogP contribution in [0.15, 0.2) is 0 Å². The number of carboxylic acid groups (broad SMARTS) is 1. The van der Waals surface area contributed by atoms with Crippen molar-refractivity contribution in [3.05, 3.63) is 0 Å². The molecule has 0 aromatic heterocycles. The second-order valence-corrected chi connectivity index (χ2v) is 7.60. The number of nitrogens with one attached hydrogen (secondary N) is 2. The quantitative estimate of drug-likeness (QED) is 0.495. The Kier molecular flexibility index (Phi) is 9.97. The fraction of sp³-hybridized carbons (Fsp3) is 0.824. The first-order chi connectivity index (χ1) is 10.3. The first-order valence-electron chi connectivity index (χ1n) is 8.12. The maximum atomic E-state index is 12.7. The summed E-state index contributed by atoms with van der Waals surface area (Å²) < 4.78 is 0. The summed E-state index contributed by atoms with van der Waals surface area (Å²) in [7, 11) is 0. The molecule has 24 heavy (non-hydrogen) atoms. The Morgan fingerprint density at radius 3 is 1.58 bits per heavy atom. The normalized spacial score (nSPS) is 16.1. The number of carbonyl (C=O) groups excluding carboxylic acids is 3. The Balaban J connectivity index is 0. The molecule has 0 aliphatic heterocycles. The van der Waals surface area contributed by atoms with E-state index in [4.69, 9.17) is 0 Å². The Morgan fingerprint density at radius 2 is 1.29 bits per heavy atom. The minimum absolute atomic E-state index is 0. The van der Waals surface area contributed by atoms with E-state index < -0.39 is 23.0 Å². The first-order valence-corrected chi connectivity index (χ1v) is 8.12. The van der Waals surface area contributed by atoms with Crippen LogP contribution in [-0.2, 0) is 14.4 Å². The van der Waals surface area contributed by atoms with Gasteiger partial charge in [0.1, 0.15) is 5.54 Å². The molecule has 0 heterocycles. The summed E-state index contributed by atoms with van der Waals surface area (Å²) in [6, 6.07) is 0. The van der Waals surface area contributed by atoms with Crippen molar-refractivity contribution in [3.63, 3.8) is 0 Å². The number of carbonyl (C=O) groups is 3. The maximum Gasteiger partial charge on any atom is 1.00 e. The number of aliphatic carboxylic acids is 1. The van der Waals surface area contributed by atoms with Gasteiger partial charge in [-0.25, -0.2) is 0 Å². The smallest absolute Gasteiger partial charge is 0.548 e. The molecule has 0 aromatic carbocycles. The SMILES string of the molecule is CC(C)CC(=O)N[C@](C)(C(=O)N[C@](C)(C(=O)[O-])C(C)C)C(C)C.[Li+]. The van der Waals surface area contributed by atoms with Crippen LogP contribution in [0.2, 0.25) is 0 Å². The molecule has 2 amide bonds. The molecule has 0 radical (unpaired) electrons. The van der Waals surface area contributed by atoms with Gasteiger partial charge in [-0.1, -0.05) is 41.5 Å². The van der Waals surface area contributed by atoms with Gasteiger partial charge in [0.2, 0.25) is 11.8 Å². The summed E-state index contributed by atoms with van der Waals surface area (Å²) in [5.74, 6) is -2.51. The molecule has 2 N–H and O–H groups in total. The van der Waals surface area contributed by atoms with Crippen molar-refractivity contribution >= 4 is 17.8 Å². The number of hydrogen-bond donors (Lipinski definition) is 2. The average molecular weight is 334 g/mol. The van der Waals surface area contributed by atoms with Crippen molar-refractivity contribution in [1.29, 1.82) is 0 Å². The molecule has 7 heteroatoms. The second kappa shape index (κ2) is 9.48. The van der Waals surface area contributed by atoms with Crippen molar-refractivity contribution in [2.24, 2.45) is 17.8 Å². The van der Waals surface area contributed by atoms with Gasteiger partial charge < -0.3 is 20.5 Å². The van der Waals surface area contributed by atoms with E-state index in [0.717, 1.165) is 0 Å². The summed E-state index contributed by atoms with van der Waals surface area (Å²) in [6.07, 6.45) is 0.303. The van der Waals surface area contributed by atoms with Gasteiger partial charge in [-0.2, -0.15) is 0 Å². The maximum absolute atomic E-state index is 12.7. The van der Waals surface area contributed by atoms with Gasteiger partial charge in [-0.05, 0) is 31.6 Å². The van der Waals surface area contributed by atoms with Crippen LogP contribution >= 0.6 is 0 Å². The van der Waals surface area contributed by atoms with Crippen LogP contribution in [0.1, 0.15) is 61.8 Å². The van der Waals surface area contributed by atoms with E-state index >= 15 is 0 Å². The van der Waals surface area contributed by atoms with Crippen LogP contribution in [0.25, 0.3) is 0 Å². The van der Waals surface area contributed by atoms with E-state index in [1.807, 2.05) is 13.8 Å². The second-order valence-electron chi connectivity index (χ2n) is 7.60. The average Bonchev–Trinajstić information content (AvgIpc) is 2.36. The van der Waals surface area contributed by atoms with Crippen LogP contribution in [0, 0.1) is 17.8 Å². The third-order valence-electron chi connectivity index (χ3n) is 4.57. The van der Waals surface area contributed by atoms with Crippen LogP contribution in [0.5, 0.6) is 0 Å². The Hall–Kier alpha value is -0.993. The van der Waals surface area contributed by atoms with Crippen molar-refractivity contribution in [1.82, 2.24) is 10.6 Å². The predicted octanol–water partition coefficient (Wildman–Crippen LogP) is -2.15. The van der Waals surface area contributed by atoms with E-state index in [1.165, 1.54) is 6.92 Å². The molecule has 0 aromatic rings. The van der Waals surface area contributed by atoms with Crippen LogP contribution in [-0.4, -0.2) is 28.9 Å². The van der Waals surface area contributed by atoms with E-state index in [-0.39, 0.29) is 42.5 Å². The van der Waals surface area contributed by atoms with Gasteiger partial charge in [-0.15, -0.1) is 0 Å². The fourth-order valence-corrected chi connectivity index (χ4v) is 1.97. The molecule has 2 atom stereocenters. The van der Waals surface area contributed by atoms with Crippen LogP contribution in [0.3, 0.4) is 0 Å². The molecule has 0 bridgehead atoms.